The highest BCUT2D eigenvalue weighted by molar-refractivity contribution is 7.87. The summed E-state index contributed by atoms with van der Waals surface area (Å²) in [6, 6.07) is 7.92. The first-order chi connectivity index (χ1) is 8.15. The lowest BCUT2D eigenvalue weighted by molar-refractivity contribution is 0.446. The molecule has 1 aliphatic heterocycles. The van der Waals surface area contributed by atoms with E-state index < -0.39 is 10.2 Å². The van der Waals surface area contributed by atoms with Gasteiger partial charge in [-0.05, 0) is 29.1 Å². The van der Waals surface area contributed by atoms with E-state index in [0.717, 1.165) is 16.5 Å². The quantitative estimate of drug-likeness (QED) is 0.830. The maximum absolute atomic E-state index is 11.6. The number of hydrogen-bond acceptors (Lipinski definition) is 2. The number of fused-ring (bicyclic) bond motifs is 1. The fraction of sp³-hybridized carbons (Fsp3) is 0.273. The highest BCUT2D eigenvalue weighted by Gasteiger charge is 2.27. The van der Waals surface area contributed by atoms with E-state index in [1.54, 1.807) is 0 Å². The molecule has 1 saturated heterocycles. The predicted molar refractivity (Wildman–Crippen MR) is 65.6 cm³/mol. The molecule has 0 bridgehead atoms. The van der Waals surface area contributed by atoms with Crippen LogP contribution in [-0.4, -0.2) is 30.8 Å². The van der Waals surface area contributed by atoms with Gasteiger partial charge in [0.15, 0.2) is 0 Å². The largest absolute Gasteiger partial charge is 0.361 e. The molecule has 3 rings (SSSR count). The Morgan fingerprint density at radius 1 is 1.29 bits per heavy atom. The second kappa shape index (κ2) is 3.83. The van der Waals surface area contributed by atoms with Crippen LogP contribution >= 0.6 is 0 Å². The molecule has 1 aliphatic rings. The van der Waals surface area contributed by atoms with Crippen molar-refractivity contribution in [3.63, 3.8) is 0 Å². The lowest BCUT2D eigenvalue weighted by Crippen LogP contribution is -2.28. The highest BCUT2D eigenvalue weighted by atomic mass is 32.2. The molecule has 2 heterocycles. The Hall–Kier alpha value is -1.37. The average Bonchev–Trinajstić information content (AvgIpc) is 2.85. The molecular weight excluding hydrogens is 238 g/mol. The van der Waals surface area contributed by atoms with Crippen LogP contribution in [0, 0.1) is 0 Å². The molecule has 0 unspecified atom stereocenters. The summed E-state index contributed by atoms with van der Waals surface area (Å²) in [4.78, 5) is 3.11. The Morgan fingerprint density at radius 2 is 2.18 bits per heavy atom. The van der Waals surface area contributed by atoms with E-state index in [2.05, 4.69) is 9.71 Å². The van der Waals surface area contributed by atoms with Crippen LogP contribution < -0.4 is 4.72 Å². The first kappa shape index (κ1) is 10.8. The maximum Gasteiger partial charge on any atom is 0.279 e. The molecule has 2 N–H and O–H groups in total. The zero-order valence-corrected chi connectivity index (χ0v) is 10.00. The number of aromatic amines is 1. The van der Waals surface area contributed by atoms with Crippen molar-refractivity contribution in [2.75, 3.05) is 13.1 Å². The SMILES string of the molecule is O=S1(=O)NCCN1Cc1ccc2[nH]ccc2c1. The van der Waals surface area contributed by atoms with E-state index >= 15 is 0 Å². The molecule has 6 heteroatoms. The molecule has 0 aliphatic carbocycles. The molecule has 0 spiro atoms. The van der Waals surface area contributed by atoms with Gasteiger partial charge in [-0.3, -0.25) is 0 Å². The Balaban J connectivity index is 1.89. The lowest BCUT2D eigenvalue weighted by atomic mass is 10.1. The van der Waals surface area contributed by atoms with Crippen molar-refractivity contribution in [3.8, 4) is 0 Å². The van der Waals surface area contributed by atoms with E-state index in [1.165, 1.54) is 4.31 Å². The van der Waals surface area contributed by atoms with Crippen molar-refractivity contribution < 1.29 is 8.42 Å². The van der Waals surface area contributed by atoms with E-state index in [1.807, 2.05) is 30.5 Å². The number of aromatic nitrogens is 1. The smallest absolute Gasteiger partial charge is 0.279 e. The first-order valence-corrected chi connectivity index (χ1v) is 6.90. The second-order valence-electron chi connectivity index (χ2n) is 4.13. The maximum atomic E-state index is 11.6. The molecule has 5 nitrogen and oxygen atoms in total. The highest BCUT2D eigenvalue weighted by Crippen LogP contribution is 2.17. The van der Waals surface area contributed by atoms with Crippen LogP contribution in [0.2, 0.25) is 0 Å². The summed E-state index contributed by atoms with van der Waals surface area (Å²) < 4.78 is 27.1. The van der Waals surface area contributed by atoms with Crippen LogP contribution in [0.1, 0.15) is 5.56 Å². The molecule has 0 radical (unpaired) electrons. The Bertz CT molecular complexity index is 648. The molecular formula is C11H13N3O2S. The van der Waals surface area contributed by atoms with E-state index in [9.17, 15) is 8.42 Å². The van der Waals surface area contributed by atoms with Gasteiger partial charge in [0, 0.05) is 31.3 Å². The number of nitrogens with one attached hydrogen (secondary N) is 2. The van der Waals surface area contributed by atoms with E-state index in [0.29, 0.717) is 19.6 Å². The second-order valence-corrected chi connectivity index (χ2v) is 5.89. The number of hydrogen-bond donors (Lipinski definition) is 2. The van der Waals surface area contributed by atoms with Crippen molar-refractivity contribution in [2.45, 2.75) is 6.54 Å². The van der Waals surface area contributed by atoms with Gasteiger partial charge in [-0.25, -0.2) is 4.72 Å². The van der Waals surface area contributed by atoms with Gasteiger partial charge >= 0.3 is 0 Å². The molecule has 0 atom stereocenters. The standard InChI is InChI=1S/C11H13N3O2S/c15-17(16)13-5-6-14(17)8-9-1-2-11-10(7-9)3-4-12-11/h1-4,7,12-13H,5-6,8H2. The van der Waals surface area contributed by atoms with Gasteiger partial charge < -0.3 is 4.98 Å². The van der Waals surface area contributed by atoms with Crippen LogP contribution in [0.3, 0.4) is 0 Å². The van der Waals surface area contributed by atoms with Crippen LogP contribution in [0.15, 0.2) is 30.5 Å². The summed E-state index contributed by atoms with van der Waals surface area (Å²) in [5.74, 6) is 0. The molecule has 90 valence electrons. The molecule has 17 heavy (non-hydrogen) atoms. The predicted octanol–water partition coefficient (Wildman–Crippen LogP) is 0.818. The molecule has 1 aromatic carbocycles. The minimum absolute atomic E-state index is 0.427. The minimum Gasteiger partial charge on any atom is -0.361 e. The van der Waals surface area contributed by atoms with Crippen LogP contribution in [0.4, 0.5) is 0 Å². The van der Waals surface area contributed by atoms with Gasteiger partial charge in [-0.15, -0.1) is 0 Å². The van der Waals surface area contributed by atoms with Crippen LogP contribution in [0.5, 0.6) is 0 Å². The van der Waals surface area contributed by atoms with Gasteiger partial charge in [-0.2, -0.15) is 12.7 Å². The summed E-state index contributed by atoms with van der Waals surface area (Å²) >= 11 is 0. The van der Waals surface area contributed by atoms with Crippen LogP contribution in [-0.2, 0) is 16.8 Å². The summed E-state index contributed by atoms with van der Waals surface area (Å²) in [7, 11) is -3.25. The summed E-state index contributed by atoms with van der Waals surface area (Å²) in [6.45, 7) is 1.46. The Labute approximate surface area is 99.6 Å². The average molecular weight is 251 g/mol. The molecule has 1 aromatic heterocycles. The summed E-state index contributed by atoms with van der Waals surface area (Å²) in [5.41, 5.74) is 2.07. The van der Waals surface area contributed by atoms with Crippen LogP contribution in [0.25, 0.3) is 10.9 Å². The van der Waals surface area contributed by atoms with Gasteiger partial charge in [0.05, 0.1) is 0 Å². The first-order valence-electron chi connectivity index (χ1n) is 5.46. The topological polar surface area (TPSA) is 65.2 Å². The summed E-state index contributed by atoms with van der Waals surface area (Å²) in [5, 5.41) is 1.10. The van der Waals surface area contributed by atoms with Crippen molar-refractivity contribution in [1.29, 1.82) is 0 Å². The van der Waals surface area contributed by atoms with Gasteiger partial charge in [0.1, 0.15) is 0 Å². The molecule has 0 amide bonds. The van der Waals surface area contributed by atoms with Gasteiger partial charge in [0.25, 0.3) is 10.2 Å². The third kappa shape index (κ3) is 1.95. The normalized spacial score (nSPS) is 20.0. The molecule has 2 aromatic rings. The number of nitrogens with zero attached hydrogens (tertiary/aromatic N) is 1. The summed E-state index contributed by atoms with van der Waals surface area (Å²) in [6.07, 6.45) is 1.88. The van der Waals surface area contributed by atoms with Crippen molar-refractivity contribution in [2.24, 2.45) is 0 Å². The lowest BCUT2D eigenvalue weighted by Gasteiger charge is -2.13. The zero-order valence-electron chi connectivity index (χ0n) is 9.18. The van der Waals surface area contributed by atoms with Crippen molar-refractivity contribution >= 4 is 21.1 Å². The Morgan fingerprint density at radius 3 is 2.94 bits per heavy atom. The minimum atomic E-state index is -3.25. The van der Waals surface area contributed by atoms with Gasteiger partial charge in [0.2, 0.25) is 0 Å². The third-order valence-electron chi connectivity index (χ3n) is 2.96. The van der Waals surface area contributed by atoms with E-state index in [-0.39, 0.29) is 0 Å². The van der Waals surface area contributed by atoms with E-state index in [4.69, 9.17) is 0 Å². The Kier molecular flexibility index (Phi) is 2.43. The fourth-order valence-corrected chi connectivity index (χ4v) is 3.26. The fourth-order valence-electron chi connectivity index (χ4n) is 2.08. The van der Waals surface area contributed by atoms with Crippen molar-refractivity contribution in [1.82, 2.24) is 14.0 Å². The van der Waals surface area contributed by atoms with Gasteiger partial charge in [-0.1, -0.05) is 6.07 Å². The third-order valence-corrected chi connectivity index (χ3v) is 4.52. The number of rotatable bonds is 2. The zero-order chi connectivity index (χ0) is 11.9. The number of H-pyrrole nitrogens is 1. The monoisotopic (exact) mass is 251 g/mol. The molecule has 0 saturated carbocycles. The van der Waals surface area contributed by atoms with Crippen molar-refractivity contribution in [3.05, 3.63) is 36.0 Å². The molecule has 1 fully saturated rings. The number of benzene rings is 1.